The Morgan fingerprint density at radius 3 is 2.93 bits per heavy atom. The van der Waals surface area contributed by atoms with Gasteiger partial charge in [0, 0.05) is 6.07 Å². The van der Waals surface area contributed by atoms with Gasteiger partial charge in [-0.05, 0) is 12.1 Å². The summed E-state index contributed by atoms with van der Waals surface area (Å²) >= 11 is 0. The van der Waals surface area contributed by atoms with E-state index in [9.17, 15) is 9.18 Å². The summed E-state index contributed by atoms with van der Waals surface area (Å²) in [5.74, 6) is 1.21. The van der Waals surface area contributed by atoms with Crippen LogP contribution in [-0.2, 0) is 4.74 Å². The molecule has 0 aliphatic heterocycles. The Morgan fingerprint density at radius 2 is 2.33 bits per heavy atom. The first-order chi connectivity index (χ1) is 7.19. The molecule has 4 heteroatoms. The molecule has 0 N–H and O–H groups in total. The molecular formula is C11H9FO3. The fraction of sp³-hybridized carbons (Fsp3) is 0.182. The summed E-state index contributed by atoms with van der Waals surface area (Å²) in [4.78, 5) is 11.2. The third-order valence-corrected chi connectivity index (χ3v) is 1.66. The molecule has 0 aliphatic rings. The van der Waals surface area contributed by atoms with Crippen LogP contribution in [0.2, 0.25) is 0 Å². The third-order valence-electron chi connectivity index (χ3n) is 1.66. The molecule has 0 atom stereocenters. The van der Waals surface area contributed by atoms with E-state index in [4.69, 9.17) is 11.2 Å². The molecule has 0 bridgehead atoms. The van der Waals surface area contributed by atoms with Crippen LogP contribution in [0.25, 0.3) is 0 Å². The van der Waals surface area contributed by atoms with E-state index in [0.717, 1.165) is 12.1 Å². The molecule has 0 aliphatic carbocycles. The summed E-state index contributed by atoms with van der Waals surface area (Å²) in [5, 5.41) is 0. The molecule has 0 fully saturated rings. The summed E-state index contributed by atoms with van der Waals surface area (Å²) in [5.41, 5.74) is 0.147. The second kappa shape index (κ2) is 5.01. The van der Waals surface area contributed by atoms with E-state index in [2.05, 4.69) is 10.7 Å². The lowest BCUT2D eigenvalue weighted by molar-refractivity contribution is 0.0596. The number of ether oxygens (including phenoxy) is 2. The number of hydrogen-bond acceptors (Lipinski definition) is 3. The Bertz CT molecular complexity index is 407. The molecule has 0 spiro atoms. The largest absolute Gasteiger partial charge is 0.480 e. The molecule has 0 radical (unpaired) electrons. The molecular weight excluding hydrogens is 199 g/mol. The number of carbonyl (C=O) groups is 1. The minimum Gasteiger partial charge on any atom is -0.480 e. The molecule has 0 saturated carbocycles. The Labute approximate surface area is 86.8 Å². The average Bonchev–Trinajstić information content (AvgIpc) is 2.25. The normalized spacial score (nSPS) is 9.13. The van der Waals surface area contributed by atoms with Crippen molar-refractivity contribution in [3.05, 3.63) is 29.6 Å². The van der Waals surface area contributed by atoms with Gasteiger partial charge in [0.25, 0.3) is 0 Å². The van der Waals surface area contributed by atoms with Crippen molar-refractivity contribution in [2.24, 2.45) is 0 Å². The van der Waals surface area contributed by atoms with Crippen molar-refractivity contribution in [2.75, 3.05) is 13.7 Å². The van der Waals surface area contributed by atoms with E-state index in [-0.39, 0.29) is 17.9 Å². The van der Waals surface area contributed by atoms with Gasteiger partial charge in [-0.1, -0.05) is 5.92 Å². The van der Waals surface area contributed by atoms with E-state index in [0.29, 0.717) is 0 Å². The maximum absolute atomic E-state index is 12.9. The number of terminal acetylenes is 1. The first kappa shape index (κ1) is 11.1. The van der Waals surface area contributed by atoms with Crippen LogP contribution < -0.4 is 4.74 Å². The topological polar surface area (TPSA) is 35.5 Å². The molecule has 0 heterocycles. The Morgan fingerprint density at radius 1 is 1.60 bits per heavy atom. The van der Waals surface area contributed by atoms with Gasteiger partial charge >= 0.3 is 5.97 Å². The molecule has 1 rings (SSSR count). The maximum atomic E-state index is 12.9. The van der Waals surface area contributed by atoms with E-state index in [1.54, 1.807) is 0 Å². The molecule has 15 heavy (non-hydrogen) atoms. The van der Waals surface area contributed by atoms with Gasteiger partial charge in [0.2, 0.25) is 0 Å². The summed E-state index contributed by atoms with van der Waals surface area (Å²) in [7, 11) is 1.23. The first-order valence-corrected chi connectivity index (χ1v) is 4.13. The van der Waals surface area contributed by atoms with Crippen molar-refractivity contribution in [1.29, 1.82) is 0 Å². The Balaban J connectivity index is 3.04. The molecule has 0 saturated heterocycles. The zero-order chi connectivity index (χ0) is 11.3. The smallest absolute Gasteiger partial charge is 0.341 e. The van der Waals surface area contributed by atoms with E-state index in [1.807, 2.05) is 0 Å². The number of halogens is 1. The minimum atomic E-state index is -0.595. The average molecular weight is 208 g/mol. The summed E-state index contributed by atoms with van der Waals surface area (Å²) in [6.45, 7) is -0.0343. The monoisotopic (exact) mass is 208 g/mol. The van der Waals surface area contributed by atoms with Crippen molar-refractivity contribution in [3.63, 3.8) is 0 Å². The van der Waals surface area contributed by atoms with Crippen LogP contribution in [0.1, 0.15) is 10.4 Å². The zero-order valence-corrected chi connectivity index (χ0v) is 8.12. The predicted molar refractivity (Wildman–Crippen MR) is 52.1 cm³/mol. The van der Waals surface area contributed by atoms with E-state index in [1.165, 1.54) is 13.2 Å². The minimum absolute atomic E-state index is 0.0343. The van der Waals surface area contributed by atoms with Crippen LogP contribution in [0.3, 0.4) is 0 Å². The molecule has 1 aromatic rings. The highest BCUT2D eigenvalue weighted by Crippen LogP contribution is 2.20. The number of benzene rings is 1. The molecule has 0 aromatic heterocycles. The van der Waals surface area contributed by atoms with Crippen LogP contribution >= 0.6 is 0 Å². The van der Waals surface area contributed by atoms with Crippen LogP contribution in [-0.4, -0.2) is 19.7 Å². The highest BCUT2D eigenvalue weighted by atomic mass is 19.1. The lowest BCUT2D eigenvalue weighted by atomic mass is 10.2. The predicted octanol–water partition coefficient (Wildman–Crippen LogP) is 1.62. The van der Waals surface area contributed by atoms with Crippen molar-refractivity contribution >= 4 is 5.97 Å². The lowest BCUT2D eigenvalue weighted by Crippen LogP contribution is -2.06. The molecule has 0 amide bonds. The van der Waals surface area contributed by atoms with Crippen LogP contribution in [0.15, 0.2) is 18.2 Å². The molecule has 78 valence electrons. The number of carbonyl (C=O) groups excluding carboxylic acids is 1. The van der Waals surface area contributed by atoms with Crippen molar-refractivity contribution < 1.29 is 18.7 Å². The summed E-state index contributed by atoms with van der Waals surface area (Å²) in [6, 6.07) is 3.52. The van der Waals surface area contributed by atoms with Crippen molar-refractivity contribution in [3.8, 4) is 18.1 Å². The van der Waals surface area contributed by atoms with Gasteiger partial charge in [0.15, 0.2) is 0 Å². The molecule has 0 unspecified atom stereocenters. The van der Waals surface area contributed by atoms with E-state index < -0.39 is 11.8 Å². The number of hydrogen-bond donors (Lipinski definition) is 0. The van der Waals surface area contributed by atoms with E-state index >= 15 is 0 Å². The first-order valence-electron chi connectivity index (χ1n) is 4.13. The summed E-state index contributed by atoms with van der Waals surface area (Å²) in [6.07, 6.45) is 4.99. The Hall–Kier alpha value is -2.02. The quantitative estimate of drug-likeness (QED) is 0.559. The number of rotatable bonds is 3. The maximum Gasteiger partial charge on any atom is 0.341 e. The number of esters is 1. The zero-order valence-electron chi connectivity index (χ0n) is 8.12. The van der Waals surface area contributed by atoms with Gasteiger partial charge in [-0.3, -0.25) is 0 Å². The lowest BCUT2D eigenvalue weighted by Gasteiger charge is -2.07. The third kappa shape index (κ3) is 2.71. The second-order valence-electron chi connectivity index (χ2n) is 2.62. The Kier molecular flexibility index (Phi) is 3.69. The van der Waals surface area contributed by atoms with Gasteiger partial charge in [-0.15, -0.1) is 6.42 Å². The highest BCUT2D eigenvalue weighted by Gasteiger charge is 2.13. The van der Waals surface area contributed by atoms with Gasteiger partial charge in [-0.25, -0.2) is 9.18 Å². The van der Waals surface area contributed by atoms with Crippen molar-refractivity contribution in [1.82, 2.24) is 0 Å². The fourth-order valence-electron chi connectivity index (χ4n) is 1.01. The van der Waals surface area contributed by atoms with Gasteiger partial charge in [0.05, 0.1) is 7.11 Å². The van der Waals surface area contributed by atoms with Gasteiger partial charge < -0.3 is 9.47 Å². The van der Waals surface area contributed by atoms with Crippen LogP contribution in [0, 0.1) is 18.2 Å². The van der Waals surface area contributed by atoms with Crippen LogP contribution in [0.4, 0.5) is 4.39 Å². The summed E-state index contributed by atoms with van der Waals surface area (Å²) < 4.78 is 22.4. The highest BCUT2D eigenvalue weighted by molar-refractivity contribution is 5.92. The number of methoxy groups -OCH3 is 1. The second-order valence-corrected chi connectivity index (χ2v) is 2.62. The van der Waals surface area contributed by atoms with Crippen LogP contribution in [0.5, 0.6) is 5.75 Å². The van der Waals surface area contributed by atoms with Gasteiger partial charge in [-0.2, -0.15) is 0 Å². The SMILES string of the molecule is C#CCOc1cc(F)ccc1C(=O)OC. The molecule has 1 aromatic carbocycles. The standard InChI is InChI=1S/C11H9FO3/c1-3-6-15-10-7-8(12)4-5-9(10)11(13)14-2/h1,4-5,7H,6H2,2H3. The fourth-order valence-corrected chi connectivity index (χ4v) is 1.01. The van der Waals surface area contributed by atoms with Crippen molar-refractivity contribution in [2.45, 2.75) is 0 Å². The van der Waals surface area contributed by atoms with Gasteiger partial charge in [0.1, 0.15) is 23.7 Å². The molecule has 3 nitrogen and oxygen atoms in total.